The molecule has 2 bridgehead atoms. The molecular weight excluding hydrogens is 242 g/mol. The molecule has 0 amide bonds. The lowest BCUT2D eigenvalue weighted by atomic mass is 9.71. The fourth-order valence-electron chi connectivity index (χ4n) is 5.64. The van der Waals surface area contributed by atoms with Crippen LogP contribution in [0, 0.1) is 29.6 Å². The van der Waals surface area contributed by atoms with Gasteiger partial charge < -0.3 is 5.32 Å². The van der Waals surface area contributed by atoms with Crippen molar-refractivity contribution in [2.24, 2.45) is 29.6 Å². The smallest absolute Gasteiger partial charge is 0.00956 e. The van der Waals surface area contributed by atoms with E-state index in [0.29, 0.717) is 0 Å². The predicted octanol–water partition coefficient (Wildman–Crippen LogP) is 5.01. The summed E-state index contributed by atoms with van der Waals surface area (Å²) in [6.07, 6.45) is 15.0. The van der Waals surface area contributed by atoms with Crippen LogP contribution in [0.2, 0.25) is 0 Å². The minimum atomic E-state index is 0.844. The van der Waals surface area contributed by atoms with E-state index in [0.717, 1.165) is 35.6 Å². The topological polar surface area (TPSA) is 12.0 Å². The van der Waals surface area contributed by atoms with Gasteiger partial charge in [0.25, 0.3) is 0 Å². The first-order valence-corrected chi connectivity index (χ1v) is 9.53. The summed E-state index contributed by atoms with van der Waals surface area (Å²) in [4.78, 5) is 0. The number of hydrogen-bond donors (Lipinski definition) is 1. The zero-order valence-corrected chi connectivity index (χ0v) is 13.7. The van der Waals surface area contributed by atoms with Crippen LogP contribution in [0.5, 0.6) is 0 Å². The molecule has 3 saturated carbocycles. The van der Waals surface area contributed by atoms with Crippen molar-refractivity contribution in [2.75, 3.05) is 6.54 Å². The van der Waals surface area contributed by atoms with Gasteiger partial charge in [0, 0.05) is 6.04 Å². The Morgan fingerprint density at radius 2 is 1.80 bits per heavy atom. The largest absolute Gasteiger partial charge is 0.314 e. The van der Waals surface area contributed by atoms with Crippen molar-refractivity contribution in [3.8, 4) is 0 Å². The first kappa shape index (κ1) is 14.9. The molecule has 3 fully saturated rings. The minimum Gasteiger partial charge on any atom is -0.314 e. The lowest BCUT2D eigenvalue weighted by Crippen LogP contribution is -2.42. The molecule has 6 unspecified atom stereocenters. The molecule has 0 aromatic rings. The van der Waals surface area contributed by atoms with Gasteiger partial charge in [-0.3, -0.25) is 0 Å². The van der Waals surface area contributed by atoms with Crippen LogP contribution in [0.4, 0.5) is 0 Å². The standard InChI is InChI=1S/C19H35N/c1-3-9-20-19-8-6-14(4-2)10-18(19)13-17-12-15-5-7-16(17)11-15/h14-20H,3-13H2,1-2H3. The van der Waals surface area contributed by atoms with Gasteiger partial charge in [-0.2, -0.15) is 0 Å². The van der Waals surface area contributed by atoms with Crippen LogP contribution < -0.4 is 5.32 Å². The molecule has 1 nitrogen and oxygen atoms in total. The molecule has 20 heavy (non-hydrogen) atoms. The Morgan fingerprint density at radius 3 is 2.45 bits per heavy atom. The number of rotatable bonds is 6. The molecule has 0 radical (unpaired) electrons. The molecule has 6 atom stereocenters. The number of fused-ring (bicyclic) bond motifs is 2. The van der Waals surface area contributed by atoms with Crippen LogP contribution in [0.25, 0.3) is 0 Å². The van der Waals surface area contributed by atoms with E-state index in [1.807, 2.05) is 0 Å². The summed E-state index contributed by atoms with van der Waals surface area (Å²) in [6.45, 7) is 5.93. The maximum Gasteiger partial charge on any atom is 0.00956 e. The average molecular weight is 277 g/mol. The van der Waals surface area contributed by atoms with Crippen LogP contribution in [0.15, 0.2) is 0 Å². The molecule has 0 aromatic carbocycles. The summed E-state index contributed by atoms with van der Waals surface area (Å²) < 4.78 is 0. The van der Waals surface area contributed by atoms with Gasteiger partial charge in [-0.15, -0.1) is 0 Å². The molecule has 1 heteroatoms. The first-order valence-electron chi connectivity index (χ1n) is 9.53. The van der Waals surface area contributed by atoms with E-state index in [4.69, 9.17) is 0 Å². The van der Waals surface area contributed by atoms with Crippen molar-refractivity contribution in [3.63, 3.8) is 0 Å². The molecule has 3 aliphatic rings. The van der Waals surface area contributed by atoms with Gasteiger partial charge in [0.1, 0.15) is 0 Å². The Morgan fingerprint density at radius 1 is 0.900 bits per heavy atom. The predicted molar refractivity (Wildman–Crippen MR) is 86.8 cm³/mol. The summed E-state index contributed by atoms with van der Waals surface area (Å²) in [7, 11) is 0. The summed E-state index contributed by atoms with van der Waals surface area (Å²) in [5.41, 5.74) is 0. The molecule has 0 heterocycles. The molecule has 3 rings (SSSR count). The van der Waals surface area contributed by atoms with Gasteiger partial charge in [0.2, 0.25) is 0 Å². The lowest BCUT2D eigenvalue weighted by molar-refractivity contribution is 0.151. The molecule has 0 aromatic heterocycles. The van der Waals surface area contributed by atoms with E-state index in [2.05, 4.69) is 19.2 Å². The molecule has 116 valence electrons. The van der Waals surface area contributed by atoms with Crippen molar-refractivity contribution >= 4 is 0 Å². The third-order valence-electron chi connectivity index (χ3n) is 6.81. The van der Waals surface area contributed by atoms with Gasteiger partial charge >= 0.3 is 0 Å². The molecule has 0 aliphatic heterocycles. The Labute approximate surface area is 126 Å². The fraction of sp³-hybridized carbons (Fsp3) is 1.00. The van der Waals surface area contributed by atoms with Crippen molar-refractivity contribution < 1.29 is 0 Å². The van der Waals surface area contributed by atoms with Gasteiger partial charge in [0.15, 0.2) is 0 Å². The summed E-state index contributed by atoms with van der Waals surface area (Å²) in [5.74, 6) is 5.36. The molecular formula is C19H35N. The first-order chi connectivity index (χ1) is 9.80. The van der Waals surface area contributed by atoms with E-state index < -0.39 is 0 Å². The third-order valence-corrected chi connectivity index (χ3v) is 6.81. The highest BCUT2D eigenvalue weighted by molar-refractivity contribution is 4.93. The average Bonchev–Trinajstić information content (AvgIpc) is 3.08. The van der Waals surface area contributed by atoms with Gasteiger partial charge in [0.05, 0.1) is 0 Å². The van der Waals surface area contributed by atoms with E-state index in [1.165, 1.54) is 38.6 Å². The van der Waals surface area contributed by atoms with Crippen LogP contribution in [-0.2, 0) is 0 Å². The fourth-order valence-corrected chi connectivity index (χ4v) is 5.64. The van der Waals surface area contributed by atoms with E-state index in [-0.39, 0.29) is 0 Å². The van der Waals surface area contributed by atoms with Crippen LogP contribution in [0.3, 0.4) is 0 Å². The van der Waals surface area contributed by atoms with E-state index in [9.17, 15) is 0 Å². The van der Waals surface area contributed by atoms with Gasteiger partial charge in [-0.05, 0) is 87.5 Å². The quantitative estimate of drug-likeness (QED) is 0.720. The maximum atomic E-state index is 3.88. The van der Waals surface area contributed by atoms with Gasteiger partial charge in [-0.25, -0.2) is 0 Å². The highest BCUT2D eigenvalue weighted by Crippen LogP contribution is 2.51. The van der Waals surface area contributed by atoms with Crippen molar-refractivity contribution in [3.05, 3.63) is 0 Å². The van der Waals surface area contributed by atoms with Crippen molar-refractivity contribution in [1.29, 1.82) is 0 Å². The maximum absolute atomic E-state index is 3.88. The third kappa shape index (κ3) is 3.24. The Balaban J connectivity index is 1.57. The van der Waals surface area contributed by atoms with E-state index in [1.54, 1.807) is 32.1 Å². The zero-order chi connectivity index (χ0) is 13.9. The number of hydrogen-bond acceptors (Lipinski definition) is 1. The van der Waals surface area contributed by atoms with Crippen LogP contribution in [-0.4, -0.2) is 12.6 Å². The molecule has 0 saturated heterocycles. The second-order valence-corrected chi connectivity index (χ2v) is 8.08. The van der Waals surface area contributed by atoms with Crippen LogP contribution >= 0.6 is 0 Å². The van der Waals surface area contributed by atoms with Crippen LogP contribution in [0.1, 0.15) is 78.1 Å². The summed E-state index contributed by atoms with van der Waals surface area (Å²) >= 11 is 0. The SMILES string of the molecule is CCCNC1CCC(CC)CC1CC1CC2CCC1C2. The highest BCUT2D eigenvalue weighted by Gasteiger charge is 2.41. The Bertz CT molecular complexity index is 300. The summed E-state index contributed by atoms with van der Waals surface area (Å²) in [6, 6.07) is 0.844. The van der Waals surface area contributed by atoms with Gasteiger partial charge in [-0.1, -0.05) is 26.7 Å². The zero-order valence-electron chi connectivity index (χ0n) is 13.7. The Hall–Kier alpha value is -0.0400. The molecule has 1 N–H and O–H groups in total. The monoisotopic (exact) mass is 277 g/mol. The highest BCUT2D eigenvalue weighted by atomic mass is 14.9. The minimum absolute atomic E-state index is 0.844. The normalized spacial score (nSPS) is 44.1. The second-order valence-electron chi connectivity index (χ2n) is 8.08. The van der Waals surface area contributed by atoms with Crippen molar-refractivity contribution in [2.45, 2.75) is 84.1 Å². The van der Waals surface area contributed by atoms with Crippen molar-refractivity contribution in [1.82, 2.24) is 5.32 Å². The molecule has 3 aliphatic carbocycles. The van der Waals surface area contributed by atoms with E-state index >= 15 is 0 Å². The second kappa shape index (κ2) is 6.81. The molecule has 0 spiro atoms. The lowest BCUT2D eigenvalue weighted by Gasteiger charge is -2.39. The summed E-state index contributed by atoms with van der Waals surface area (Å²) in [5, 5.41) is 3.88. The number of nitrogens with one attached hydrogen (secondary N) is 1. The Kier molecular flexibility index (Phi) is 5.07.